The van der Waals surface area contributed by atoms with E-state index < -0.39 is 0 Å². The molecule has 0 aliphatic carbocycles. The summed E-state index contributed by atoms with van der Waals surface area (Å²) in [5, 5.41) is 9.19. The van der Waals surface area contributed by atoms with Gasteiger partial charge in [0, 0.05) is 25.3 Å². The van der Waals surface area contributed by atoms with Gasteiger partial charge in [-0.15, -0.1) is 0 Å². The molecule has 1 aliphatic rings. The summed E-state index contributed by atoms with van der Waals surface area (Å²) in [7, 11) is 1.48. The molecule has 1 atom stereocenters. The Balaban J connectivity index is 2.04. The van der Waals surface area contributed by atoms with E-state index in [2.05, 4.69) is 4.90 Å². The molecule has 1 saturated heterocycles. The van der Waals surface area contributed by atoms with Gasteiger partial charge >= 0.3 is 0 Å². The molecule has 1 aliphatic heterocycles. The van der Waals surface area contributed by atoms with Crippen LogP contribution in [0, 0.1) is 11.7 Å². The van der Waals surface area contributed by atoms with Gasteiger partial charge in [0.05, 0.1) is 7.11 Å². The minimum atomic E-state index is -0.272. The van der Waals surface area contributed by atoms with Crippen LogP contribution in [0.1, 0.15) is 18.4 Å². The third-order valence-corrected chi connectivity index (χ3v) is 3.52. The Kier molecular flexibility index (Phi) is 4.55. The van der Waals surface area contributed by atoms with Crippen LogP contribution in [-0.2, 0) is 6.54 Å². The lowest BCUT2D eigenvalue weighted by atomic mass is 9.98. The first kappa shape index (κ1) is 13.3. The average molecular weight is 253 g/mol. The number of piperidine rings is 1. The number of aliphatic hydroxyl groups is 1. The number of hydrogen-bond donors (Lipinski definition) is 1. The number of ether oxygens (including phenoxy) is 1. The second kappa shape index (κ2) is 6.16. The smallest absolute Gasteiger partial charge is 0.169 e. The first-order valence-corrected chi connectivity index (χ1v) is 6.39. The fourth-order valence-electron chi connectivity index (χ4n) is 2.52. The van der Waals surface area contributed by atoms with E-state index in [4.69, 9.17) is 4.74 Å². The maximum Gasteiger partial charge on any atom is 0.169 e. The summed E-state index contributed by atoms with van der Waals surface area (Å²) in [5.41, 5.74) is 0.660. The summed E-state index contributed by atoms with van der Waals surface area (Å²) >= 11 is 0. The number of benzene rings is 1. The zero-order chi connectivity index (χ0) is 13.0. The van der Waals surface area contributed by atoms with Crippen LogP contribution in [0.2, 0.25) is 0 Å². The number of methoxy groups -OCH3 is 1. The fourth-order valence-corrected chi connectivity index (χ4v) is 2.52. The summed E-state index contributed by atoms with van der Waals surface area (Å²) < 4.78 is 19.0. The van der Waals surface area contributed by atoms with Gasteiger partial charge in [-0.3, -0.25) is 4.90 Å². The molecule has 0 bridgehead atoms. The van der Waals surface area contributed by atoms with E-state index in [0.29, 0.717) is 23.8 Å². The van der Waals surface area contributed by atoms with Crippen LogP contribution in [0.25, 0.3) is 0 Å². The minimum Gasteiger partial charge on any atom is -0.494 e. The first-order valence-electron chi connectivity index (χ1n) is 6.39. The van der Waals surface area contributed by atoms with Gasteiger partial charge in [-0.2, -0.15) is 0 Å². The molecule has 1 unspecified atom stereocenters. The molecule has 0 spiro atoms. The Bertz CT molecular complexity index is 397. The number of aliphatic hydroxyl groups excluding tert-OH is 1. The Labute approximate surface area is 107 Å². The lowest BCUT2D eigenvalue weighted by Crippen LogP contribution is -2.36. The molecular weight excluding hydrogens is 233 g/mol. The summed E-state index contributed by atoms with van der Waals surface area (Å²) in [6, 6.07) is 5.23. The van der Waals surface area contributed by atoms with Crippen molar-refractivity contribution < 1.29 is 14.2 Å². The summed E-state index contributed by atoms with van der Waals surface area (Å²) in [6.45, 7) is 2.61. The van der Waals surface area contributed by atoms with Crippen LogP contribution in [0.4, 0.5) is 4.39 Å². The van der Waals surface area contributed by atoms with Crippen molar-refractivity contribution in [2.75, 3.05) is 26.8 Å². The number of nitrogens with zero attached hydrogens (tertiary/aromatic N) is 1. The highest BCUT2D eigenvalue weighted by Crippen LogP contribution is 2.23. The van der Waals surface area contributed by atoms with Gasteiger partial charge in [0.1, 0.15) is 0 Å². The third-order valence-electron chi connectivity index (χ3n) is 3.52. The van der Waals surface area contributed by atoms with Crippen molar-refractivity contribution in [2.24, 2.45) is 5.92 Å². The van der Waals surface area contributed by atoms with Gasteiger partial charge in [0.15, 0.2) is 11.6 Å². The highest BCUT2D eigenvalue weighted by Gasteiger charge is 2.20. The van der Waals surface area contributed by atoms with E-state index in [0.717, 1.165) is 25.9 Å². The molecule has 1 fully saturated rings. The molecule has 0 aromatic heterocycles. The van der Waals surface area contributed by atoms with Gasteiger partial charge in [-0.1, -0.05) is 12.1 Å². The molecule has 0 saturated carbocycles. The summed E-state index contributed by atoms with van der Waals surface area (Å²) in [4.78, 5) is 2.20. The molecule has 1 aromatic rings. The average Bonchev–Trinajstić information content (AvgIpc) is 2.41. The maximum absolute atomic E-state index is 14.0. The summed E-state index contributed by atoms with van der Waals surface area (Å²) in [5.74, 6) is 0.349. The molecule has 1 heterocycles. The van der Waals surface area contributed by atoms with E-state index in [1.54, 1.807) is 12.1 Å². The van der Waals surface area contributed by atoms with E-state index in [1.807, 2.05) is 6.07 Å². The Morgan fingerprint density at radius 3 is 3.06 bits per heavy atom. The van der Waals surface area contributed by atoms with Crippen LogP contribution in [0.15, 0.2) is 18.2 Å². The standard InChI is InChI=1S/C14H20FNO2/c1-18-13-6-2-5-12(14(13)15)9-16-7-3-4-11(8-16)10-17/h2,5-6,11,17H,3-4,7-10H2,1H3. The van der Waals surface area contributed by atoms with Crippen molar-refractivity contribution in [3.63, 3.8) is 0 Å². The predicted molar refractivity (Wildman–Crippen MR) is 68.0 cm³/mol. The monoisotopic (exact) mass is 253 g/mol. The van der Waals surface area contributed by atoms with Crippen molar-refractivity contribution >= 4 is 0 Å². The van der Waals surface area contributed by atoms with E-state index in [1.165, 1.54) is 7.11 Å². The largest absolute Gasteiger partial charge is 0.494 e. The molecule has 3 nitrogen and oxygen atoms in total. The van der Waals surface area contributed by atoms with E-state index in [9.17, 15) is 9.50 Å². The Hall–Kier alpha value is -1.13. The SMILES string of the molecule is COc1cccc(CN2CCCC(CO)C2)c1F. The molecule has 4 heteroatoms. The molecule has 2 rings (SSSR count). The highest BCUT2D eigenvalue weighted by atomic mass is 19.1. The van der Waals surface area contributed by atoms with Gasteiger partial charge < -0.3 is 9.84 Å². The fraction of sp³-hybridized carbons (Fsp3) is 0.571. The second-order valence-electron chi connectivity index (χ2n) is 4.86. The van der Waals surface area contributed by atoms with Gasteiger partial charge in [0.2, 0.25) is 0 Å². The van der Waals surface area contributed by atoms with Gasteiger partial charge in [-0.05, 0) is 31.4 Å². The molecule has 0 radical (unpaired) electrons. The van der Waals surface area contributed by atoms with Crippen molar-refractivity contribution in [1.82, 2.24) is 4.90 Å². The Morgan fingerprint density at radius 1 is 1.50 bits per heavy atom. The normalized spacial score (nSPS) is 20.9. The molecule has 1 N–H and O–H groups in total. The van der Waals surface area contributed by atoms with Gasteiger partial charge in [0.25, 0.3) is 0 Å². The molecule has 1 aromatic carbocycles. The quantitative estimate of drug-likeness (QED) is 0.891. The maximum atomic E-state index is 14.0. The second-order valence-corrected chi connectivity index (χ2v) is 4.86. The minimum absolute atomic E-state index is 0.219. The van der Waals surface area contributed by atoms with Crippen molar-refractivity contribution in [2.45, 2.75) is 19.4 Å². The lowest BCUT2D eigenvalue weighted by Gasteiger charge is -2.31. The van der Waals surface area contributed by atoms with E-state index >= 15 is 0 Å². The number of halogens is 1. The molecular formula is C14H20FNO2. The zero-order valence-electron chi connectivity index (χ0n) is 10.7. The molecule has 18 heavy (non-hydrogen) atoms. The topological polar surface area (TPSA) is 32.7 Å². The molecule has 100 valence electrons. The van der Waals surface area contributed by atoms with Crippen LogP contribution in [0.3, 0.4) is 0 Å². The van der Waals surface area contributed by atoms with Crippen LogP contribution in [-0.4, -0.2) is 36.8 Å². The van der Waals surface area contributed by atoms with Crippen molar-refractivity contribution in [3.8, 4) is 5.75 Å². The highest BCUT2D eigenvalue weighted by molar-refractivity contribution is 5.31. The van der Waals surface area contributed by atoms with Crippen LogP contribution < -0.4 is 4.74 Å². The lowest BCUT2D eigenvalue weighted by molar-refractivity contribution is 0.115. The van der Waals surface area contributed by atoms with Crippen molar-refractivity contribution in [1.29, 1.82) is 0 Å². The van der Waals surface area contributed by atoms with Crippen molar-refractivity contribution in [3.05, 3.63) is 29.6 Å². The summed E-state index contributed by atoms with van der Waals surface area (Å²) in [6.07, 6.45) is 2.13. The van der Waals surface area contributed by atoms with Crippen LogP contribution in [0.5, 0.6) is 5.75 Å². The predicted octanol–water partition coefficient (Wildman–Crippen LogP) is 2.04. The first-order chi connectivity index (χ1) is 8.74. The van der Waals surface area contributed by atoms with Gasteiger partial charge in [-0.25, -0.2) is 4.39 Å². The number of hydrogen-bond acceptors (Lipinski definition) is 3. The number of likely N-dealkylation sites (tertiary alicyclic amines) is 1. The van der Waals surface area contributed by atoms with E-state index in [-0.39, 0.29) is 12.4 Å². The molecule has 0 amide bonds. The Morgan fingerprint density at radius 2 is 2.33 bits per heavy atom. The third kappa shape index (κ3) is 3.00. The number of rotatable bonds is 4. The zero-order valence-corrected chi connectivity index (χ0v) is 10.7. The van der Waals surface area contributed by atoms with Crippen LogP contribution >= 0.6 is 0 Å².